The normalized spacial score (nSPS) is 26.2. The summed E-state index contributed by atoms with van der Waals surface area (Å²) in [6.45, 7) is 17.1. The van der Waals surface area contributed by atoms with Gasteiger partial charge in [-0.05, 0) is 52.9 Å². The minimum absolute atomic E-state index is 0.215. The second kappa shape index (κ2) is 8.03. The van der Waals surface area contributed by atoms with Crippen molar-refractivity contribution in [1.82, 2.24) is 4.90 Å². The van der Waals surface area contributed by atoms with E-state index in [2.05, 4.69) is 47.6 Å². The predicted molar refractivity (Wildman–Crippen MR) is 105 cm³/mol. The van der Waals surface area contributed by atoms with Crippen molar-refractivity contribution in [3.8, 4) is 0 Å². The molecule has 1 amide bonds. The number of amides is 1. The molecule has 0 saturated carbocycles. The monoisotopic (exact) mass is 365 g/mol. The van der Waals surface area contributed by atoms with Gasteiger partial charge in [-0.3, -0.25) is 4.79 Å². The molecule has 26 heavy (non-hydrogen) atoms. The van der Waals surface area contributed by atoms with Crippen LogP contribution in [0, 0.1) is 5.41 Å². The fraction of sp³-hybridized carbons (Fsp3) is 0.850. The summed E-state index contributed by atoms with van der Waals surface area (Å²) in [6, 6.07) is 0. The third-order valence-corrected chi connectivity index (χ3v) is 5.68. The Morgan fingerprint density at radius 2 is 1.62 bits per heavy atom. The highest BCUT2D eigenvalue weighted by Crippen LogP contribution is 2.39. The lowest BCUT2D eigenvalue weighted by atomic mass is 9.76. The first kappa shape index (κ1) is 21.5. The highest BCUT2D eigenvalue weighted by atomic mass is 16.7. The van der Waals surface area contributed by atoms with Gasteiger partial charge >= 0.3 is 7.12 Å². The van der Waals surface area contributed by atoms with Crippen molar-refractivity contribution in [2.75, 3.05) is 26.3 Å². The molecular weight excluding hydrogens is 329 g/mol. The van der Waals surface area contributed by atoms with Gasteiger partial charge < -0.3 is 18.9 Å². The second-order valence-corrected chi connectivity index (χ2v) is 8.96. The van der Waals surface area contributed by atoms with Gasteiger partial charge in [0.1, 0.15) is 0 Å². The Morgan fingerprint density at radius 1 is 1.08 bits per heavy atom. The van der Waals surface area contributed by atoms with E-state index in [-0.39, 0.29) is 29.6 Å². The number of hydrogen-bond acceptors (Lipinski definition) is 4. The summed E-state index contributed by atoms with van der Waals surface area (Å²) in [7, 11) is -0.294. The first-order valence-electron chi connectivity index (χ1n) is 9.98. The van der Waals surface area contributed by atoms with E-state index in [0.29, 0.717) is 13.2 Å². The Hall–Kier alpha value is -0.845. The molecular formula is C20H36BNO4. The third-order valence-electron chi connectivity index (χ3n) is 5.68. The van der Waals surface area contributed by atoms with Crippen LogP contribution in [0.1, 0.15) is 67.7 Å². The summed E-state index contributed by atoms with van der Waals surface area (Å²) < 4.78 is 17.5. The van der Waals surface area contributed by atoms with Crippen LogP contribution in [-0.2, 0) is 18.8 Å². The van der Waals surface area contributed by atoms with Crippen molar-refractivity contribution in [1.29, 1.82) is 0 Å². The van der Waals surface area contributed by atoms with Crippen LogP contribution >= 0.6 is 0 Å². The summed E-state index contributed by atoms with van der Waals surface area (Å²) in [5.74, 6) is 0.215. The molecule has 2 saturated heterocycles. The van der Waals surface area contributed by atoms with E-state index in [9.17, 15) is 4.79 Å². The van der Waals surface area contributed by atoms with Gasteiger partial charge in [0.25, 0.3) is 0 Å². The van der Waals surface area contributed by atoms with Gasteiger partial charge in [-0.2, -0.15) is 0 Å². The topological polar surface area (TPSA) is 48.0 Å². The van der Waals surface area contributed by atoms with Crippen LogP contribution in [0.25, 0.3) is 0 Å². The second-order valence-electron chi connectivity index (χ2n) is 8.96. The molecule has 6 heteroatoms. The van der Waals surface area contributed by atoms with Gasteiger partial charge in [0.15, 0.2) is 0 Å². The first-order chi connectivity index (χ1) is 12.1. The van der Waals surface area contributed by atoms with Crippen LogP contribution in [0.2, 0.25) is 0 Å². The molecule has 0 bridgehead atoms. The number of hydrogen-bond donors (Lipinski definition) is 0. The van der Waals surface area contributed by atoms with E-state index in [1.165, 1.54) is 6.42 Å². The van der Waals surface area contributed by atoms with E-state index in [1.807, 2.05) is 11.8 Å². The molecule has 0 aliphatic carbocycles. The van der Waals surface area contributed by atoms with Crippen LogP contribution in [0.3, 0.4) is 0 Å². The van der Waals surface area contributed by atoms with Crippen molar-refractivity contribution in [2.24, 2.45) is 5.41 Å². The number of rotatable bonds is 2. The molecule has 3 heterocycles. The maximum Gasteiger partial charge on any atom is 0.490 e. The highest BCUT2D eigenvalue weighted by Gasteiger charge is 2.52. The molecule has 0 aromatic rings. The Bertz CT molecular complexity index is 524. The van der Waals surface area contributed by atoms with Crippen molar-refractivity contribution < 1.29 is 18.8 Å². The van der Waals surface area contributed by atoms with Crippen molar-refractivity contribution in [3.63, 3.8) is 0 Å². The highest BCUT2D eigenvalue weighted by molar-refractivity contribution is 6.54. The summed E-state index contributed by atoms with van der Waals surface area (Å²) in [5, 5.41) is 0. The smallest absolute Gasteiger partial charge is 0.400 e. The Morgan fingerprint density at radius 3 is 2.08 bits per heavy atom. The Labute approximate surface area is 159 Å². The van der Waals surface area contributed by atoms with Gasteiger partial charge in [-0.1, -0.05) is 26.3 Å². The quantitative estimate of drug-likeness (QED) is 0.702. The molecule has 3 aliphatic heterocycles. The fourth-order valence-electron chi connectivity index (χ4n) is 3.21. The summed E-state index contributed by atoms with van der Waals surface area (Å²) in [4.78, 5) is 14.6. The zero-order chi connectivity index (χ0) is 19.6. The Balaban J connectivity index is 0.000000758. The number of nitrogens with zero attached hydrogens (tertiary/aromatic N) is 1. The molecule has 3 aliphatic rings. The van der Waals surface area contributed by atoms with E-state index < -0.39 is 0 Å². The lowest BCUT2D eigenvalue weighted by Gasteiger charge is -2.40. The van der Waals surface area contributed by atoms with Crippen LogP contribution < -0.4 is 0 Å². The number of carbonyl (C=O) groups excluding carboxylic acids is 1. The zero-order valence-corrected chi connectivity index (χ0v) is 17.7. The SMILES string of the molecule is CC1(C(=O)N2CCC=C(B3OC(C)(C)C(C)(C)O3)CC2)COC1.CCC. The molecule has 2 fully saturated rings. The summed E-state index contributed by atoms with van der Waals surface area (Å²) >= 11 is 0. The average molecular weight is 365 g/mol. The van der Waals surface area contributed by atoms with E-state index in [0.717, 1.165) is 31.4 Å². The van der Waals surface area contributed by atoms with Gasteiger partial charge in [-0.15, -0.1) is 0 Å². The van der Waals surface area contributed by atoms with Crippen LogP contribution in [0.15, 0.2) is 11.5 Å². The molecule has 0 radical (unpaired) electrons. The summed E-state index contributed by atoms with van der Waals surface area (Å²) in [5.41, 5.74) is 0.192. The molecule has 0 spiro atoms. The molecule has 0 aromatic carbocycles. The number of ether oxygens (including phenoxy) is 1. The largest absolute Gasteiger partial charge is 0.490 e. The molecule has 3 rings (SSSR count). The standard InChI is InChI=1S/C17H28BNO4.C3H8/c1-15(2)16(3,4)23-18(22-15)13-7-6-9-19(10-8-13)14(20)17(5)11-21-12-17;1-3-2/h7H,6,8-12H2,1-5H3;3H2,1-2H3. The van der Waals surface area contributed by atoms with E-state index in [1.54, 1.807) is 0 Å². The van der Waals surface area contributed by atoms with Crippen LogP contribution in [0.4, 0.5) is 0 Å². The van der Waals surface area contributed by atoms with E-state index in [4.69, 9.17) is 14.0 Å². The van der Waals surface area contributed by atoms with Crippen LogP contribution in [0.5, 0.6) is 0 Å². The number of carbonyl (C=O) groups is 1. The van der Waals surface area contributed by atoms with Gasteiger partial charge in [-0.25, -0.2) is 0 Å². The average Bonchev–Trinajstić information content (AvgIpc) is 2.71. The maximum atomic E-state index is 12.6. The van der Waals surface area contributed by atoms with Gasteiger partial charge in [0, 0.05) is 13.1 Å². The molecule has 0 aromatic heterocycles. The summed E-state index contributed by atoms with van der Waals surface area (Å²) in [6.07, 6.45) is 5.09. The third kappa shape index (κ3) is 4.34. The van der Waals surface area contributed by atoms with E-state index >= 15 is 0 Å². The minimum atomic E-state index is -0.325. The Kier molecular flexibility index (Phi) is 6.63. The predicted octanol–water partition coefficient (Wildman–Crippen LogP) is 3.62. The molecule has 5 nitrogen and oxygen atoms in total. The molecule has 0 atom stereocenters. The molecule has 148 valence electrons. The molecule has 0 N–H and O–H groups in total. The van der Waals surface area contributed by atoms with Crippen molar-refractivity contribution >= 4 is 13.0 Å². The lowest BCUT2D eigenvalue weighted by Crippen LogP contribution is -2.53. The minimum Gasteiger partial charge on any atom is -0.400 e. The zero-order valence-electron chi connectivity index (χ0n) is 17.7. The lowest BCUT2D eigenvalue weighted by molar-refractivity contribution is -0.168. The van der Waals surface area contributed by atoms with Gasteiger partial charge in [0.2, 0.25) is 5.91 Å². The maximum absolute atomic E-state index is 12.6. The van der Waals surface area contributed by atoms with Gasteiger partial charge in [0.05, 0.1) is 29.8 Å². The van der Waals surface area contributed by atoms with Crippen LogP contribution in [-0.4, -0.2) is 55.4 Å². The van der Waals surface area contributed by atoms with Crippen molar-refractivity contribution in [3.05, 3.63) is 11.5 Å². The fourth-order valence-corrected chi connectivity index (χ4v) is 3.21. The first-order valence-corrected chi connectivity index (χ1v) is 9.98. The van der Waals surface area contributed by atoms with Crippen molar-refractivity contribution in [2.45, 2.75) is 78.9 Å². The molecule has 0 unspecified atom stereocenters.